The minimum Gasteiger partial charge on any atom is -0.505 e. The van der Waals surface area contributed by atoms with E-state index in [0.717, 1.165) is 30.5 Å². The molecule has 0 spiro atoms. The number of sulfonamides is 2. The van der Waals surface area contributed by atoms with Gasteiger partial charge in [0.2, 0.25) is 10.0 Å². The summed E-state index contributed by atoms with van der Waals surface area (Å²) in [7, 11) is -8.33. The van der Waals surface area contributed by atoms with Gasteiger partial charge in [-0.1, -0.05) is 11.6 Å². The van der Waals surface area contributed by atoms with Crippen molar-refractivity contribution in [2.24, 2.45) is 0 Å². The summed E-state index contributed by atoms with van der Waals surface area (Å²) in [6.45, 7) is 1.54. The Bertz CT molecular complexity index is 1130. The largest absolute Gasteiger partial charge is 0.505 e. The molecule has 0 atom stereocenters. The second-order valence-electron chi connectivity index (χ2n) is 5.60. The smallest absolute Gasteiger partial charge is 0.265 e. The molecule has 0 aliphatic heterocycles. The maximum absolute atomic E-state index is 14.0. The van der Waals surface area contributed by atoms with Crippen molar-refractivity contribution >= 4 is 43.2 Å². The van der Waals surface area contributed by atoms with Crippen LogP contribution in [0.3, 0.4) is 0 Å². The molecule has 0 saturated carbocycles. The number of phenolic OH excluding ortho intramolecular Hbond substituents is 1. The van der Waals surface area contributed by atoms with Gasteiger partial charge in [-0.05, 0) is 42.8 Å². The van der Waals surface area contributed by atoms with Gasteiger partial charge in [0.05, 0.1) is 17.0 Å². The van der Waals surface area contributed by atoms with E-state index in [4.69, 9.17) is 11.6 Å². The SMILES string of the molecule is Cc1cc(Cl)c(O)c(S(=O)(=O)Nc2cc(C(=O)NS(C)(=O)=O)ccc2F)c1. The first-order chi connectivity index (χ1) is 12.3. The molecule has 8 nitrogen and oxygen atoms in total. The highest BCUT2D eigenvalue weighted by atomic mass is 35.5. The van der Waals surface area contributed by atoms with Gasteiger partial charge in [-0.3, -0.25) is 9.52 Å². The Hall–Kier alpha value is -2.37. The molecule has 1 amide bonds. The second-order valence-corrected chi connectivity index (χ2v) is 9.40. The number of carbonyl (C=O) groups excluding carboxylic acids is 1. The van der Waals surface area contributed by atoms with Gasteiger partial charge in [0.1, 0.15) is 10.7 Å². The number of nitrogens with one attached hydrogen (secondary N) is 2. The Morgan fingerprint density at radius 3 is 2.37 bits per heavy atom. The van der Waals surface area contributed by atoms with Crippen LogP contribution in [0.25, 0.3) is 0 Å². The molecule has 0 unspecified atom stereocenters. The third kappa shape index (κ3) is 5.08. The number of rotatable bonds is 5. The number of carbonyl (C=O) groups is 1. The molecule has 2 rings (SSSR count). The number of amides is 1. The molecule has 0 saturated heterocycles. The van der Waals surface area contributed by atoms with Crippen LogP contribution in [-0.4, -0.2) is 34.1 Å². The van der Waals surface area contributed by atoms with E-state index in [1.54, 1.807) is 11.6 Å². The Morgan fingerprint density at radius 2 is 1.78 bits per heavy atom. The molecule has 3 N–H and O–H groups in total. The molecule has 0 aromatic heterocycles. The van der Waals surface area contributed by atoms with Gasteiger partial charge in [-0.15, -0.1) is 0 Å². The van der Waals surface area contributed by atoms with Crippen LogP contribution in [0.1, 0.15) is 15.9 Å². The number of aromatic hydroxyl groups is 1. The lowest BCUT2D eigenvalue weighted by atomic mass is 10.2. The summed E-state index contributed by atoms with van der Waals surface area (Å²) in [4.78, 5) is 11.3. The van der Waals surface area contributed by atoms with Crippen molar-refractivity contribution in [2.45, 2.75) is 11.8 Å². The summed E-state index contributed by atoms with van der Waals surface area (Å²) < 4.78 is 64.8. The number of halogens is 2. The summed E-state index contributed by atoms with van der Waals surface area (Å²) >= 11 is 5.76. The van der Waals surface area contributed by atoms with E-state index in [0.29, 0.717) is 5.56 Å². The van der Waals surface area contributed by atoms with E-state index in [1.165, 1.54) is 6.07 Å². The van der Waals surface area contributed by atoms with Crippen molar-refractivity contribution in [3.63, 3.8) is 0 Å². The molecule has 27 heavy (non-hydrogen) atoms. The predicted octanol–water partition coefficient (Wildman–Crippen LogP) is 1.98. The van der Waals surface area contributed by atoms with Crippen LogP contribution in [0.2, 0.25) is 5.02 Å². The van der Waals surface area contributed by atoms with Crippen LogP contribution in [0.5, 0.6) is 5.75 Å². The lowest BCUT2D eigenvalue weighted by Gasteiger charge is -2.13. The zero-order valence-electron chi connectivity index (χ0n) is 13.9. The highest BCUT2D eigenvalue weighted by Gasteiger charge is 2.23. The third-order valence-corrected chi connectivity index (χ3v) is 5.44. The van der Waals surface area contributed by atoms with E-state index in [2.05, 4.69) is 0 Å². The standard InChI is InChI=1S/C15H14ClFN2O6S2/c1-8-5-10(16)14(20)13(6-8)27(24,25)18-12-7-9(3-4-11(12)17)15(21)19-26(2,22)23/h3-7,18,20H,1-2H3,(H,19,21). The van der Waals surface area contributed by atoms with Gasteiger partial charge in [-0.25, -0.2) is 25.9 Å². The average Bonchev–Trinajstić information content (AvgIpc) is 2.51. The zero-order chi connectivity index (χ0) is 20.6. The van der Waals surface area contributed by atoms with Gasteiger partial charge >= 0.3 is 0 Å². The van der Waals surface area contributed by atoms with Crippen molar-refractivity contribution in [3.05, 3.63) is 52.3 Å². The molecule has 0 heterocycles. The van der Waals surface area contributed by atoms with E-state index in [9.17, 15) is 31.1 Å². The van der Waals surface area contributed by atoms with Crippen molar-refractivity contribution in [1.29, 1.82) is 0 Å². The molecule has 2 aromatic carbocycles. The fourth-order valence-corrected chi connectivity index (χ4v) is 4.13. The molecule has 0 fully saturated rings. The summed E-state index contributed by atoms with van der Waals surface area (Å²) in [6.07, 6.45) is 0.752. The predicted molar refractivity (Wildman–Crippen MR) is 97.4 cm³/mol. The first kappa shape index (κ1) is 20.9. The number of phenols is 1. The Balaban J connectivity index is 2.45. The molecule has 12 heteroatoms. The van der Waals surface area contributed by atoms with Crippen LogP contribution in [-0.2, 0) is 20.0 Å². The van der Waals surface area contributed by atoms with Crippen LogP contribution in [0.4, 0.5) is 10.1 Å². The quantitative estimate of drug-likeness (QED) is 0.657. The first-order valence-electron chi connectivity index (χ1n) is 7.14. The Labute approximate surface area is 160 Å². The molecular formula is C15H14ClFN2O6S2. The van der Waals surface area contributed by atoms with Crippen LogP contribution < -0.4 is 9.44 Å². The Kier molecular flexibility index (Phi) is 5.68. The second kappa shape index (κ2) is 7.33. The molecule has 0 aliphatic carbocycles. The van der Waals surface area contributed by atoms with Gasteiger partial charge < -0.3 is 5.11 Å². The number of hydrogen-bond donors (Lipinski definition) is 3. The molecule has 2 aromatic rings. The highest BCUT2D eigenvalue weighted by Crippen LogP contribution is 2.33. The summed E-state index contributed by atoms with van der Waals surface area (Å²) in [5, 5.41) is 9.69. The minimum atomic E-state index is -4.46. The van der Waals surface area contributed by atoms with Gasteiger partial charge in [0, 0.05) is 5.56 Å². The molecular weight excluding hydrogens is 423 g/mol. The summed E-state index contributed by atoms with van der Waals surface area (Å²) in [6, 6.07) is 5.06. The van der Waals surface area contributed by atoms with Crippen molar-refractivity contribution < 1.29 is 31.1 Å². The fourth-order valence-electron chi connectivity index (χ4n) is 2.08. The highest BCUT2D eigenvalue weighted by molar-refractivity contribution is 7.92. The molecule has 0 bridgehead atoms. The topological polar surface area (TPSA) is 130 Å². The monoisotopic (exact) mass is 436 g/mol. The van der Waals surface area contributed by atoms with Crippen LogP contribution in [0.15, 0.2) is 35.2 Å². The number of anilines is 1. The van der Waals surface area contributed by atoms with E-state index >= 15 is 0 Å². The van der Waals surface area contributed by atoms with Gasteiger partial charge in [0.25, 0.3) is 15.9 Å². The van der Waals surface area contributed by atoms with E-state index in [-0.39, 0.29) is 10.6 Å². The maximum atomic E-state index is 14.0. The van der Waals surface area contributed by atoms with Crippen LogP contribution >= 0.6 is 11.6 Å². The summed E-state index contributed by atoms with van der Waals surface area (Å²) in [5.41, 5.74) is -0.487. The van der Waals surface area contributed by atoms with Crippen molar-refractivity contribution in [2.75, 3.05) is 11.0 Å². The minimum absolute atomic E-state index is 0.211. The molecule has 146 valence electrons. The lowest BCUT2D eigenvalue weighted by molar-refractivity contribution is 0.0981. The number of hydrogen-bond acceptors (Lipinski definition) is 6. The lowest BCUT2D eigenvalue weighted by Crippen LogP contribution is -2.29. The van der Waals surface area contributed by atoms with Crippen LogP contribution in [0, 0.1) is 12.7 Å². The molecule has 0 aliphatic rings. The third-order valence-electron chi connectivity index (χ3n) is 3.21. The average molecular weight is 437 g/mol. The fraction of sp³-hybridized carbons (Fsp3) is 0.133. The van der Waals surface area contributed by atoms with Crippen molar-refractivity contribution in [3.8, 4) is 5.75 Å². The maximum Gasteiger partial charge on any atom is 0.265 e. The molecule has 0 radical (unpaired) electrons. The van der Waals surface area contributed by atoms with E-state index in [1.807, 2.05) is 4.72 Å². The summed E-state index contributed by atoms with van der Waals surface area (Å²) in [5.74, 6) is -2.81. The normalized spacial score (nSPS) is 11.9. The van der Waals surface area contributed by atoms with Gasteiger partial charge in [-0.2, -0.15) is 0 Å². The zero-order valence-corrected chi connectivity index (χ0v) is 16.3. The van der Waals surface area contributed by atoms with E-state index < -0.39 is 48.1 Å². The number of benzene rings is 2. The number of aryl methyl sites for hydroxylation is 1. The Morgan fingerprint density at radius 1 is 1.15 bits per heavy atom. The van der Waals surface area contributed by atoms with Gasteiger partial charge in [0.15, 0.2) is 5.75 Å². The first-order valence-corrected chi connectivity index (χ1v) is 10.9. The van der Waals surface area contributed by atoms with Crippen molar-refractivity contribution in [1.82, 2.24) is 4.72 Å².